The molecule has 1 aromatic heterocycles. The van der Waals surface area contributed by atoms with Crippen LogP contribution in [0.2, 0.25) is 0 Å². The van der Waals surface area contributed by atoms with E-state index < -0.39 is 0 Å². The Labute approximate surface area is 94.6 Å². The Morgan fingerprint density at radius 1 is 1.44 bits per heavy atom. The number of nitrogens with zero attached hydrogens (tertiary/aromatic N) is 1. The summed E-state index contributed by atoms with van der Waals surface area (Å²) < 4.78 is 5.33. The number of hydrogen-bond donors (Lipinski definition) is 2. The zero-order valence-corrected chi connectivity index (χ0v) is 9.24. The number of hydrazine groups is 1. The van der Waals surface area contributed by atoms with Crippen LogP contribution in [0.3, 0.4) is 0 Å². The minimum absolute atomic E-state index is 0.291. The first-order valence-electron chi connectivity index (χ1n) is 5.61. The molecule has 0 aromatic carbocycles. The fourth-order valence-electron chi connectivity index (χ4n) is 2.06. The molecule has 0 bridgehead atoms. The maximum absolute atomic E-state index is 11.4. The van der Waals surface area contributed by atoms with Crippen molar-refractivity contribution in [1.29, 1.82) is 0 Å². The third kappa shape index (κ3) is 2.43. The average molecular weight is 223 g/mol. The van der Waals surface area contributed by atoms with E-state index >= 15 is 0 Å². The van der Waals surface area contributed by atoms with Gasteiger partial charge in [0.15, 0.2) is 0 Å². The summed E-state index contributed by atoms with van der Waals surface area (Å²) in [5.41, 5.74) is 2.66. The molecule has 3 N–H and O–H groups in total. The number of furan rings is 1. The Hall–Kier alpha value is -1.33. The number of likely N-dealkylation sites (tertiary alicyclic amines) is 1. The molecular weight excluding hydrogens is 206 g/mol. The third-order valence-electron chi connectivity index (χ3n) is 2.94. The lowest BCUT2D eigenvalue weighted by Gasteiger charge is -2.25. The highest BCUT2D eigenvalue weighted by Gasteiger charge is 2.17. The van der Waals surface area contributed by atoms with Crippen molar-refractivity contribution in [1.82, 2.24) is 10.3 Å². The van der Waals surface area contributed by atoms with Gasteiger partial charge >= 0.3 is 0 Å². The van der Waals surface area contributed by atoms with E-state index in [-0.39, 0.29) is 5.91 Å². The van der Waals surface area contributed by atoms with Crippen molar-refractivity contribution in [3.8, 4) is 0 Å². The van der Waals surface area contributed by atoms with Crippen molar-refractivity contribution < 1.29 is 9.21 Å². The SMILES string of the molecule is NNC(=O)c1ccoc1CN1CCCCC1. The molecule has 2 rings (SSSR count). The smallest absolute Gasteiger partial charge is 0.268 e. The summed E-state index contributed by atoms with van der Waals surface area (Å²) in [6, 6.07) is 1.65. The van der Waals surface area contributed by atoms with Gasteiger partial charge in [-0.25, -0.2) is 5.84 Å². The summed E-state index contributed by atoms with van der Waals surface area (Å²) in [6.07, 6.45) is 5.27. The lowest BCUT2D eigenvalue weighted by molar-refractivity contribution is 0.0949. The number of carbonyl (C=O) groups excluding carboxylic acids is 1. The summed E-state index contributed by atoms with van der Waals surface area (Å²) in [5.74, 6) is 5.52. The number of amides is 1. The van der Waals surface area contributed by atoms with E-state index in [4.69, 9.17) is 10.3 Å². The first kappa shape index (κ1) is 11.2. The maximum Gasteiger partial charge on any atom is 0.268 e. The van der Waals surface area contributed by atoms with Gasteiger partial charge in [-0.2, -0.15) is 0 Å². The minimum atomic E-state index is -0.291. The Morgan fingerprint density at radius 3 is 2.88 bits per heavy atom. The molecule has 1 fully saturated rings. The third-order valence-corrected chi connectivity index (χ3v) is 2.94. The second-order valence-electron chi connectivity index (χ2n) is 4.07. The Kier molecular flexibility index (Phi) is 3.58. The molecule has 1 aliphatic rings. The summed E-state index contributed by atoms with van der Waals surface area (Å²) in [5, 5.41) is 0. The summed E-state index contributed by atoms with van der Waals surface area (Å²) in [6.45, 7) is 2.84. The fraction of sp³-hybridized carbons (Fsp3) is 0.545. The van der Waals surface area contributed by atoms with Gasteiger partial charge in [0, 0.05) is 0 Å². The summed E-state index contributed by atoms with van der Waals surface area (Å²) in [7, 11) is 0. The van der Waals surface area contributed by atoms with Crippen LogP contribution in [-0.2, 0) is 6.54 Å². The second-order valence-corrected chi connectivity index (χ2v) is 4.07. The second kappa shape index (κ2) is 5.14. The molecule has 16 heavy (non-hydrogen) atoms. The Bertz CT molecular complexity index is 356. The maximum atomic E-state index is 11.4. The molecule has 5 heteroatoms. The molecule has 1 aliphatic heterocycles. The van der Waals surface area contributed by atoms with Crippen LogP contribution in [0.4, 0.5) is 0 Å². The Balaban J connectivity index is 2.03. The van der Waals surface area contributed by atoms with Crippen LogP contribution in [-0.4, -0.2) is 23.9 Å². The van der Waals surface area contributed by atoms with Crippen molar-refractivity contribution >= 4 is 5.91 Å². The number of nitrogen functional groups attached to an aromatic ring is 1. The molecule has 0 atom stereocenters. The predicted octanol–water partition coefficient (Wildman–Crippen LogP) is 0.869. The number of nitrogens with two attached hydrogens (primary N) is 1. The normalized spacial score (nSPS) is 17.3. The average Bonchev–Trinajstić information content (AvgIpc) is 2.77. The van der Waals surface area contributed by atoms with E-state index in [0.29, 0.717) is 17.9 Å². The standard InChI is InChI=1S/C11H17N3O2/c12-13-11(15)9-4-7-16-10(9)8-14-5-2-1-3-6-14/h4,7H,1-3,5-6,8,12H2,(H,13,15). The number of nitrogens with one attached hydrogen (secondary N) is 1. The summed E-state index contributed by atoms with van der Waals surface area (Å²) >= 11 is 0. The number of rotatable bonds is 3. The van der Waals surface area contributed by atoms with Gasteiger partial charge < -0.3 is 4.42 Å². The highest BCUT2D eigenvalue weighted by atomic mass is 16.3. The monoisotopic (exact) mass is 223 g/mol. The summed E-state index contributed by atoms with van der Waals surface area (Å²) in [4.78, 5) is 13.7. The molecule has 0 unspecified atom stereocenters. The highest BCUT2D eigenvalue weighted by Crippen LogP contribution is 2.16. The van der Waals surface area contributed by atoms with Crippen molar-refractivity contribution in [2.24, 2.45) is 5.84 Å². The van der Waals surface area contributed by atoms with E-state index in [1.54, 1.807) is 6.07 Å². The molecule has 1 aromatic rings. The molecule has 1 amide bonds. The van der Waals surface area contributed by atoms with E-state index in [1.165, 1.54) is 25.5 Å². The van der Waals surface area contributed by atoms with Gasteiger partial charge in [0.05, 0.1) is 18.4 Å². The van der Waals surface area contributed by atoms with E-state index in [9.17, 15) is 4.79 Å². The first-order chi connectivity index (χ1) is 7.81. The zero-order valence-electron chi connectivity index (χ0n) is 9.24. The van der Waals surface area contributed by atoms with E-state index in [1.807, 2.05) is 0 Å². The van der Waals surface area contributed by atoms with Gasteiger partial charge in [-0.3, -0.25) is 15.1 Å². The van der Waals surface area contributed by atoms with Gasteiger partial charge in [-0.15, -0.1) is 0 Å². The van der Waals surface area contributed by atoms with Crippen LogP contribution in [0, 0.1) is 0 Å². The van der Waals surface area contributed by atoms with Gasteiger partial charge in [-0.05, 0) is 32.0 Å². The van der Waals surface area contributed by atoms with Crippen molar-refractivity contribution in [2.45, 2.75) is 25.8 Å². The van der Waals surface area contributed by atoms with Gasteiger partial charge in [0.25, 0.3) is 5.91 Å². The van der Waals surface area contributed by atoms with Gasteiger partial charge in [0.2, 0.25) is 0 Å². The van der Waals surface area contributed by atoms with E-state index in [0.717, 1.165) is 13.1 Å². The van der Waals surface area contributed by atoms with Gasteiger partial charge in [-0.1, -0.05) is 6.42 Å². The van der Waals surface area contributed by atoms with Crippen LogP contribution < -0.4 is 11.3 Å². The number of hydrogen-bond acceptors (Lipinski definition) is 4. The molecule has 0 radical (unpaired) electrons. The molecule has 2 heterocycles. The highest BCUT2D eigenvalue weighted by molar-refractivity contribution is 5.94. The van der Waals surface area contributed by atoms with E-state index in [2.05, 4.69) is 10.3 Å². The number of carbonyl (C=O) groups is 1. The lowest BCUT2D eigenvalue weighted by Crippen LogP contribution is -2.32. The Morgan fingerprint density at radius 2 is 2.19 bits per heavy atom. The van der Waals surface area contributed by atoms with Gasteiger partial charge in [0.1, 0.15) is 5.76 Å². The first-order valence-corrected chi connectivity index (χ1v) is 5.61. The topological polar surface area (TPSA) is 71.5 Å². The quantitative estimate of drug-likeness (QED) is 0.453. The van der Waals surface area contributed by atoms with Crippen molar-refractivity contribution in [3.63, 3.8) is 0 Å². The largest absolute Gasteiger partial charge is 0.467 e. The lowest BCUT2D eigenvalue weighted by atomic mass is 10.1. The minimum Gasteiger partial charge on any atom is -0.467 e. The number of piperidine rings is 1. The molecular formula is C11H17N3O2. The molecule has 5 nitrogen and oxygen atoms in total. The zero-order chi connectivity index (χ0) is 11.4. The van der Waals surface area contributed by atoms with Crippen LogP contribution in [0.5, 0.6) is 0 Å². The van der Waals surface area contributed by atoms with Crippen molar-refractivity contribution in [2.75, 3.05) is 13.1 Å². The predicted molar refractivity (Wildman–Crippen MR) is 59.5 cm³/mol. The van der Waals surface area contributed by atoms with Crippen molar-refractivity contribution in [3.05, 3.63) is 23.7 Å². The molecule has 0 aliphatic carbocycles. The molecule has 0 saturated carbocycles. The molecule has 88 valence electrons. The molecule has 0 spiro atoms. The van der Waals surface area contributed by atoms with Crippen LogP contribution in [0.15, 0.2) is 16.7 Å². The van der Waals surface area contributed by atoms with Crippen LogP contribution in [0.1, 0.15) is 35.4 Å². The molecule has 1 saturated heterocycles. The van der Waals surface area contributed by atoms with Crippen LogP contribution in [0.25, 0.3) is 0 Å². The van der Waals surface area contributed by atoms with Crippen LogP contribution >= 0.6 is 0 Å². The fourth-order valence-corrected chi connectivity index (χ4v) is 2.06.